The van der Waals surface area contributed by atoms with E-state index in [1.807, 2.05) is 0 Å². The van der Waals surface area contributed by atoms with Gasteiger partial charge in [-0.1, -0.05) is 20.8 Å². The van der Waals surface area contributed by atoms with Crippen LogP contribution in [0.4, 0.5) is 0 Å². The smallest absolute Gasteiger partial charge is 0.157 e. The molecule has 0 radical (unpaired) electrons. The van der Waals surface area contributed by atoms with E-state index in [0.717, 1.165) is 32.7 Å². The van der Waals surface area contributed by atoms with Gasteiger partial charge in [0, 0.05) is 5.41 Å². The second-order valence-corrected chi connectivity index (χ2v) is 5.07. The van der Waals surface area contributed by atoms with E-state index in [-0.39, 0.29) is 11.7 Å². The molecule has 1 N–H and O–H groups in total. The summed E-state index contributed by atoms with van der Waals surface area (Å²) in [5, 5.41) is 3.32. The van der Waals surface area contributed by atoms with Gasteiger partial charge in [0.1, 0.15) is 0 Å². The van der Waals surface area contributed by atoms with Gasteiger partial charge in [0.25, 0.3) is 0 Å². The maximum Gasteiger partial charge on any atom is 0.157 e. The molecule has 1 heterocycles. The van der Waals surface area contributed by atoms with Gasteiger partial charge in [0.05, 0.1) is 13.2 Å². The molecule has 1 rings (SSSR count). The van der Waals surface area contributed by atoms with Crippen LogP contribution in [0.1, 0.15) is 40.0 Å². The maximum absolute atomic E-state index is 5.66. The number of ether oxygens (including phenoxy) is 2. The van der Waals surface area contributed by atoms with Crippen molar-refractivity contribution in [3.05, 3.63) is 0 Å². The minimum Gasteiger partial charge on any atom is -0.352 e. The van der Waals surface area contributed by atoms with Crippen molar-refractivity contribution in [2.24, 2.45) is 5.41 Å². The molecule has 1 saturated heterocycles. The average molecular weight is 215 g/mol. The molecule has 0 amide bonds. The zero-order valence-electron chi connectivity index (χ0n) is 10.3. The standard InChI is InChI=1S/C12H25NO2/c1-4-13-8-6-5-7-11-14-9-12(2,3)10-15-11/h11,13H,4-10H2,1-3H3. The molecule has 0 aliphatic carbocycles. The Morgan fingerprint density at radius 1 is 1.20 bits per heavy atom. The molecule has 1 fully saturated rings. The molecule has 3 heteroatoms. The summed E-state index contributed by atoms with van der Waals surface area (Å²) in [5.41, 5.74) is 0.195. The van der Waals surface area contributed by atoms with E-state index < -0.39 is 0 Å². The van der Waals surface area contributed by atoms with E-state index in [4.69, 9.17) is 9.47 Å². The first-order valence-electron chi connectivity index (χ1n) is 6.08. The lowest BCUT2D eigenvalue weighted by Crippen LogP contribution is -2.37. The summed E-state index contributed by atoms with van der Waals surface area (Å²) in [4.78, 5) is 0. The lowest BCUT2D eigenvalue weighted by Gasteiger charge is -2.34. The lowest BCUT2D eigenvalue weighted by molar-refractivity contribution is -0.224. The lowest BCUT2D eigenvalue weighted by atomic mass is 9.95. The van der Waals surface area contributed by atoms with Crippen LogP contribution in [0.3, 0.4) is 0 Å². The molecule has 1 aliphatic heterocycles. The Balaban J connectivity index is 1.99. The first kappa shape index (κ1) is 12.9. The summed E-state index contributed by atoms with van der Waals surface area (Å²) >= 11 is 0. The molecular formula is C12H25NO2. The second kappa shape index (κ2) is 6.46. The summed E-state index contributed by atoms with van der Waals surface area (Å²) in [6.45, 7) is 10.3. The van der Waals surface area contributed by atoms with E-state index in [1.54, 1.807) is 0 Å². The van der Waals surface area contributed by atoms with Crippen LogP contribution in [-0.4, -0.2) is 32.6 Å². The van der Waals surface area contributed by atoms with E-state index in [2.05, 4.69) is 26.1 Å². The highest BCUT2D eigenvalue weighted by Gasteiger charge is 2.27. The van der Waals surface area contributed by atoms with Gasteiger partial charge in [-0.15, -0.1) is 0 Å². The molecule has 0 bridgehead atoms. The molecule has 0 aromatic rings. The minimum absolute atomic E-state index is 0.0413. The molecule has 0 atom stereocenters. The van der Waals surface area contributed by atoms with Crippen LogP contribution >= 0.6 is 0 Å². The third kappa shape index (κ3) is 5.50. The highest BCUT2D eigenvalue weighted by molar-refractivity contribution is 4.71. The second-order valence-electron chi connectivity index (χ2n) is 5.07. The predicted molar refractivity (Wildman–Crippen MR) is 61.9 cm³/mol. The molecule has 90 valence electrons. The van der Waals surface area contributed by atoms with Crippen LogP contribution in [0.25, 0.3) is 0 Å². The molecule has 15 heavy (non-hydrogen) atoms. The number of hydrogen-bond donors (Lipinski definition) is 1. The van der Waals surface area contributed by atoms with Crippen LogP contribution in [0.15, 0.2) is 0 Å². The van der Waals surface area contributed by atoms with Crippen LogP contribution < -0.4 is 5.32 Å². The van der Waals surface area contributed by atoms with Crippen molar-refractivity contribution < 1.29 is 9.47 Å². The van der Waals surface area contributed by atoms with Gasteiger partial charge >= 0.3 is 0 Å². The quantitative estimate of drug-likeness (QED) is 0.689. The number of rotatable bonds is 6. The van der Waals surface area contributed by atoms with Crippen molar-refractivity contribution in [2.75, 3.05) is 26.3 Å². The number of hydrogen-bond acceptors (Lipinski definition) is 3. The van der Waals surface area contributed by atoms with E-state index in [9.17, 15) is 0 Å². The topological polar surface area (TPSA) is 30.5 Å². The summed E-state index contributed by atoms with van der Waals surface area (Å²) in [6, 6.07) is 0. The average Bonchev–Trinajstić information content (AvgIpc) is 2.20. The van der Waals surface area contributed by atoms with Crippen molar-refractivity contribution in [3.63, 3.8) is 0 Å². The Bertz CT molecular complexity index is 161. The molecular weight excluding hydrogens is 190 g/mol. The normalized spacial score (nSPS) is 21.8. The van der Waals surface area contributed by atoms with Gasteiger partial charge in [0.2, 0.25) is 0 Å². The SMILES string of the molecule is CCNCCCCC1OCC(C)(C)CO1. The van der Waals surface area contributed by atoms with Gasteiger partial charge < -0.3 is 14.8 Å². The van der Waals surface area contributed by atoms with Crippen LogP contribution in [0.5, 0.6) is 0 Å². The summed E-state index contributed by atoms with van der Waals surface area (Å²) in [5.74, 6) is 0. The Morgan fingerprint density at radius 3 is 2.47 bits per heavy atom. The third-order valence-electron chi connectivity index (χ3n) is 2.61. The fraction of sp³-hybridized carbons (Fsp3) is 1.00. The highest BCUT2D eigenvalue weighted by Crippen LogP contribution is 2.24. The molecule has 1 aliphatic rings. The van der Waals surface area contributed by atoms with Gasteiger partial charge in [-0.25, -0.2) is 0 Å². The van der Waals surface area contributed by atoms with Gasteiger partial charge in [-0.3, -0.25) is 0 Å². The van der Waals surface area contributed by atoms with E-state index in [0.29, 0.717) is 0 Å². The summed E-state index contributed by atoms with van der Waals surface area (Å²) in [7, 11) is 0. The van der Waals surface area contributed by atoms with Crippen LogP contribution in [0, 0.1) is 5.41 Å². The van der Waals surface area contributed by atoms with E-state index in [1.165, 1.54) is 12.8 Å². The Morgan fingerprint density at radius 2 is 1.87 bits per heavy atom. The third-order valence-corrected chi connectivity index (χ3v) is 2.61. The van der Waals surface area contributed by atoms with Crippen molar-refractivity contribution in [3.8, 4) is 0 Å². The monoisotopic (exact) mass is 215 g/mol. The maximum atomic E-state index is 5.66. The largest absolute Gasteiger partial charge is 0.352 e. The highest BCUT2D eigenvalue weighted by atomic mass is 16.7. The first-order chi connectivity index (χ1) is 7.14. The zero-order valence-corrected chi connectivity index (χ0v) is 10.3. The Kier molecular flexibility index (Phi) is 5.58. The van der Waals surface area contributed by atoms with Crippen molar-refractivity contribution in [1.82, 2.24) is 5.32 Å². The van der Waals surface area contributed by atoms with Gasteiger partial charge in [-0.05, 0) is 32.4 Å². The zero-order chi connectivity index (χ0) is 11.1. The Hall–Kier alpha value is -0.120. The predicted octanol–water partition coefficient (Wildman–Crippen LogP) is 2.17. The van der Waals surface area contributed by atoms with Crippen molar-refractivity contribution in [1.29, 1.82) is 0 Å². The molecule has 0 aromatic carbocycles. The summed E-state index contributed by atoms with van der Waals surface area (Å²) < 4.78 is 11.3. The fourth-order valence-electron chi connectivity index (χ4n) is 1.63. The van der Waals surface area contributed by atoms with Crippen molar-refractivity contribution >= 4 is 0 Å². The summed E-state index contributed by atoms with van der Waals surface area (Å²) in [6.07, 6.45) is 3.46. The van der Waals surface area contributed by atoms with E-state index >= 15 is 0 Å². The molecule has 3 nitrogen and oxygen atoms in total. The molecule has 0 aromatic heterocycles. The van der Waals surface area contributed by atoms with Gasteiger partial charge in [-0.2, -0.15) is 0 Å². The molecule has 0 spiro atoms. The van der Waals surface area contributed by atoms with Crippen molar-refractivity contribution in [2.45, 2.75) is 46.3 Å². The molecule has 0 unspecified atom stereocenters. The van der Waals surface area contributed by atoms with Crippen LogP contribution in [0.2, 0.25) is 0 Å². The Labute approximate surface area is 93.5 Å². The minimum atomic E-state index is 0.0413. The molecule has 0 saturated carbocycles. The first-order valence-corrected chi connectivity index (χ1v) is 6.08. The van der Waals surface area contributed by atoms with Gasteiger partial charge in [0.15, 0.2) is 6.29 Å². The number of unbranched alkanes of at least 4 members (excludes halogenated alkanes) is 1. The van der Waals surface area contributed by atoms with Crippen LogP contribution in [-0.2, 0) is 9.47 Å². The number of nitrogens with one attached hydrogen (secondary N) is 1. The fourth-order valence-corrected chi connectivity index (χ4v) is 1.63.